The fourth-order valence-corrected chi connectivity index (χ4v) is 1.48. The first-order valence-corrected chi connectivity index (χ1v) is 2.56. The van der Waals surface area contributed by atoms with Crippen LogP contribution in [0.2, 0.25) is 0 Å². The molecule has 2 bridgehead atoms. The van der Waals surface area contributed by atoms with Crippen molar-refractivity contribution in [2.75, 3.05) is 0 Å². The van der Waals surface area contributed by atoms with E-state index < -0.39 is 0 Å². The van der Waals surface area contributed by atoms with Gasteiger partial charge in [0, 0.05) is 11.6 Å². The largest absolute Gasteiger partial charge is 0.309 e. The number of hydrogen-bond acceptors (Lipinski definition) is 1. The first-order chi connectivity index (χ1) is 2.79. The van der Waals surface area contributed by atoms with Crippen LogP contribution in [0.4, 0.5) is 0 Å². The third-order valence-electron chi connectivity index (χ3n) is 1.95. The lowest BCUT2D eigenvalue weighted by molar-refractivity contribution is 0.000368. The van der Waals surface area contributed by atoms with Crippen molar-refractivity contribution in [1.29, 1.82) is 0 Å². The smallest absolute Gasteiger partial charge is 0.0185 e. The van der Waals surface area contributed by atoms with E-state index in [2.05, 4.69) is 12.2 Å². The highest BCUT2D eigenvalue weighted by molar-refractivity contribution is 5.14. The van der Waals surface area contributed by atoms with Crippen LogP contribution in [0, 0.1) is 0 Å². The van der Waals surface area contributed by atoms with Gasteiger partial charge in [-0.2, -0.15) is 0 Å². The van der Waals surface area contributed by atoms with Crippen molar-refractivity contribution in [1.82, 2.24) is 5.32 Å². The van der Waals surface area contributed by atoms with Crippen LogP contribution in [0.5, 0.6) is 0 Å². The zero-order chi connectivity index (χ0) is 4.20. The molecule has 1 nitrogen and oxygen atoms in total. The molecule has 0 aromatic heterocycles. The standard InChI is InChI=1S/C5H9N/c1-5-2-4(3-5)6-5/h4,6H,2-3H2,1H3. The van der Waals surface area contributed by atoms with Crippen LogP contribution < -0.4 is 5.32 Å². The lowest BCUT2D eigenvalue weighted by Crippen LogP contribution is -2.75. The van der Waals surface area contributed by atoms with Crippen LogP contribution in [-0.4, -0.2) is 11.6 Å². The molecule has 1 N–H and O–H groups in total. The van der Waals surface area contributed by atoms with Crippen molar-refractivity contribution in [2.24, 2.45) is 0 Å². The predicted octanol–water partition coefficient (Wildman–Crippen LogP) is 0.511. The summed E-state index contributed by atoms with van der Waals surface area (Å²) in [5, 5.41) is 3.38. The molecule has 2 heterocycles. The third kappa shape index (κ3) is 0.155. The Morgan fingerprint density at radius 1 is 1.67 bits per heavy atom. The molecule has 3 aliphatic rings. The quantitative estimate of drug-likeness (QED) is 0.450. The minimum Gasteiger partial charge on any atom is -0.309 e. The van der Waals surface area contributed by atoms with Crippen LogP contribution in [0.15, 0.2) is 0 Å². The van der Waals surface area contributed by atoms with Crippen LogP contribution >= 0.6 is 0 Å². The van der Waals surface area contributed by atoms with Crippen LogP contribution in [0.1, 0.15) is 19.8 Å². The van der Waals surface area contributed by atoms with Gasteiger partial charge in [-0.1, -0.05) is 0 Å². The zero-order valence-corrected chi connectivity index (χ0v) is 3.99. The van der Waals surface area contributed by atoms with Gasteiger partial charge in [-0.15, -0.1) is 0 Å². The lowest BCUT2D eigenvalue weighted by atomic mass is 9.64. The first-order valence-electron chi connectivity index (χ1n) is 2.56. The molecule has 0 amide bonds. The van der Waals surface area contributed by atoms with Crippen molar-refractivity contribution >= 4 is 0 Å². The number of rotatable bonds is 0. The second-order valence-corrected chi connectivity index (χ2v) is 2.81. The molecular weight excluding hydrogens is 74.1 g/mol. The van der Waals surface area contributed by atoms with E-state index in [0.717, 1.165) is 6.04 Å². The van der Waals surface area contributed by atoms with Crippen molar-refractivity contribution in [3.8, 4) is 0 Å². The molecule has 6 heavy (non-hydrogen) atoms. The van der Waals surface area contributed by atoms with Gasteiger partial charge in [-0.25, -0.2) is 0 Å². The maximum atomic E-state index is 3.38. The monoisotopic (exact) mass is 83.1 g/mol. The highest BCUT2D eigenvalue weighted by Gasteiger charge is 2.52. The fourth-order valence-electron chi connectivity index (χ4n) is 1.48. The molecule has 0 aromatic rings. The van der Waals surface area contributed by atoms with Gasteiger partial charge in [0.05, 0.1) is 0 Å². The summed E-state index contributed by atoms with van der Waals surface area (Å²) in [4.78, 5) is 0. The molecule has 2 saturated heterocycles. The Kier molecular flexibility index (Phi) is 0.274. The second-order valence-electron chi connectivity index (χ2n) is 2.81. The van der Waals surface area contributed by atoms with Gasteiger partial charge in [0.25, 0.3) is 0 Å². The van der Waals surface area contributed by atoms with E-state index in [9.17, 15) is 0 Å². The Labute approximate surface area is 37.7 Å². The maximum absolute atomic E-state index is 3.38. The summed E-state index contributed by atoms with van der Waals surface area (Å²) in [5.74, 6) is 0. The molecule has 0 radical (unpaired) electrons. The Morgan fingerprint density at radius 2 is 2.00 bits per heavy atom. The van der Waals surface area contributed by atoms with Crippen molar-refractivity contribution in [3.63, 3.8) is 0 Å². The molecular formula is C5H9N. The molecule has 3 rings (SSSR count). The van der Waals surface area contributed by atoms with E-state index in [0.29, 0.717) is 5.54 Å². The third-order valence-corrected chi connectivity index (χ3v) is 1.95. The van der Waals surface area contributed by atoms with E-state index in [1.807, 2.05) is 0 Å². The van der Waals surface area contributed by atoms with Gasteiger partial charge >= 0.3 is 0 Å². The Balaban J connectivity index is 2.19. The molecule has 0 aromatic carbocycles. The molecule has 34 valence electrons. The average molecular weight is 83.1 g/mol. The minimum atomic E-state index is 0.616. The van der Waals surface area contributed by atoms with Gasteiger partial charge in [0.15, 0.2) is 0 Å². The topological polar surface area (TPSA) is 12.0 Å². The summed E-state index contributed by atoms with van der Waals surface area (Å²) in [5.41, 5.74) is 0.616. The molecule has 1 aliphatic carbocycles. The van der Waals surface area contributed by atoms with Crippen molar-refractivity contribution < 1.29 is 0 Å². The molecule has 0 spiro atoms. The average Bonchev–Trinajstić information content (AvgIpc) is 1.24. The SMILES string of the molecule is CC12CC(C1)N2. The molecule has 2 aliphatic heterocycles. The summed E-state index contributed by atoms with van der Waals surface area (Å²) in [7, 11) is 0. The Hall–Kier alpha value is -0.0400. The summed E-state index contributed by atoms with van der Waals surface area (Å²) in [6.45, 7) is 2.28. The normalized spacial score (nSPS) is 62.5. The summed E-state index contributed by atoms with van der Waals surface area (Å²) in [6, 6.07) is 0.926. The Morgan fingerprint density at radius 3 is 2.00 bits per heavy atom. The Bertz CT molecular complexity index is 70.9. The lowest BCUT2D eigenvalue weighted by Gasteiger charge is -2.61. The van der Waals surface area contributed by atoms with E-state index in [4.69, 9.17) is 0 Å². The summed E-state index contributed by atoms with van der Waals surface area (Å²) in [6.07, 6.45) is 2.88. The minimum absolute atomic E-state index is 0.616. The van der Waals surface area contributed by atoms with Crippen molar-refractivity contribution in [3.05, 3.63) is 0 Å². The van der Waals surface area contributed by atoms with Crippen LogP contribution in [0.25, 0.3) is 0 Å². The molecule has 0 atom stereocenters. The van der Waals surface area contributed by atoms with Gasteiger partial charge in [-0.05, 0) is 19.8 Å². The highest BCUT2D eigenvalue weighted by atomic mass is 15.2. The number of hydrogen-bond donors (Lipinski definition) is 1. The summed E-state index contributed by atoms with van der Waals surface area (Å²) >= 11 is 0. The molecule has 1 saturated carbocycles. The van der Waals surface area contributed by atoms with E-state index in [1.54, 1.807) is 0 Å². The molecule has 1 heteroatoms. The second kappa shape index (κ2) is 0.544. The van der Waals surface area contributed by atoms with E-state index in [1.165, 1.54) is 12.8 Å². The maximum Gasteiger partial charge on any atom is 0.0185 e. The van der Waals surface area contributed by atoms with Crippen LogP contribution in [-0.2, 0) is 0 Å². The van der Waals surface area contributed by atoms with Crippen LogP contribution in [0.3, 0.4) is 0 Å². The highest BCUT2D eigenvalue weighted by Crippen LogP contribution is 2.43. The van der Waals surface area contributed by atoms with Gasteiger partial charge in [0.2, 0.25) is 0 Å². The zero-order valence-electron chi connectivity index (χ0n) is 3.99. The van der Waals surface area contributed by atoms with E-state index in [-0.39, 0.29) is 0 Å². The van der Waals surface area contributed by atoms with Gasteiger partial charge in [0.1, 0.15) is 0 Å². The first kappa shape index (κ1) is 3.03. The number of nitrogens with one attached hydrogen (secondary N) is 1. The fraction of sp³-hybridized carbons (Fsp3) is 1.00. The van der Waals surface area contributed by atoms with Gasteiger partial charge < -0.3 is 5.32 Å². The summed E-state index contributed by atoms with van der Waals surface area (Å²) < 4.78 is 0. The van der Waals surface area contributed by atoms with Crippen molar-refractivity contribution in [2.45, 2.75) is 31.3 Å². The molecule has 3 fully saturated rings. The van der Waals surface area contributed by atoms with Gasteiger partial charge in [-0.3, -0.25) is 0 Å². The predicted molar refractivity (Wildman–Crippen MR) is 24.6 cm³/mol. The molecule has 0 unspecified atom stereocenters. The van der Waals surface area contributed by atoms with E-state index >= 15 is 0 Å².